The topological polar surface area (TPSA) is 75.7 Å². The van der Waals surface area contributed by atoms with Crippen LogP contribution in [0.25, 0.3) is 6.08 Å². The molecule has 4 amide bonds. The van der Waals surface area contributed by atoms with Crippen LogP contribution in [0.2, 0.25) is 0 Å². The maximum Gasteiger partial charge on any atom is 0.335 e. The molecular weight excluding hydrogens is 320 g/mol. The fourth-order valence-electron chi connectivity index (χ4n) is 2.53. The highest BCUT2D eigenvalue weighted by molar-refractivity contribution is 6.39. The van der Waals surface area contributed by atoms with Crippen LogP contribution in [-0.4, -0.2) is 25.0 Å². The number of hydrogen-bond acceptors (Lipinski definition) is 4. The van der Waals surface area contributed by atoms with E-state index in [2.05, 4.69) is 5.32 Å². The van der Waals surface area contributed by atoms with E-state index in [4.69, 9.17) is 4.74 Å². The largest absolute Gasteiger partial charge is 0.497 e. The van der Waals surface area contributed by atoms with Crippen molar-refractivity contribution in [3.8, 4) is 5.75 Å². The number of amides is 4. The fourth-order valence-corrected chi connectivity index (χ4v) is 2.53. The molecule has 2 aromatic carbocycles. The average Bonchev–Trinajstić information content (AvgIpc) is 2.59. The zero-order chi connectivity index (χ0) is 18.0. The zero-order valence-electron chi connectivity index (χ0n) is 13.8. The monoisotopic (exact) mass is 336 g/mol. The predicted molar refractivity (Wildman–Crippen MR) is 93.2 cm³/mol. The summed E-state index contributed by atoms with van der Waals surface area (Å²) in [4.78, 5) is 38.0. The second kappa shape index (κ2) is 6.60. The van der Waals surface area contributed by atoms with Crippen molar-refractivity contribution >= 4 is 29.6 Å². The second-order valence-electron chi connectivity index (χ2n) is 5.57. The van der Waals surface area contributed by atoms with Gasteiger partial charge in [0.05, 0.1) is 12.8 Å². The third-order valence-electron chi connectivity index (χ3n) is 3.79. The highest BCUT2D eigenvalue weighted by atomic mass is 16.5. The minimum atomic E-state index is -0.757. The van der Waals surface area contributed by atoms with Crippen molar-refractivity contribution in [3.05, 3.63) is 65.2 Å². The van der Waals surface area contributed by atoms with Crippen molar-refractivity contribution < 1.29 is 19.1 Å². The Bertz CT molecular complexity index is 885. The first-order chi connectivity index (χ1) is 12.0. The Labute approximate surface area is 144 Å². The molecule has 0 atom stereocenters. The average molecular weight is 336 g/mol. The van der Waals surface area contributed by atoms with Crippen LogP contribution in [0.15, 0.2) is 54.1 Å². The van der Waals surface area contributed by atoms with Gasteiger partial charge in [-0.1, -0.05) is 24.3 Å². The maximum atomic E-state index is 12.7. The lowest BCUT2D eigenvalue weighted by Gasteiger charge is -2.26. The van der Waals surface area contributed by atoms with Gasteiger partial charge in [-0.3, -0.25) is 14.9 Å². The fraction of sp³-hybridized carbons (Fsp3) is 0.105. The molecule has 0 radical (unpaired) electrons. The molecule has 1 fully saturated rings. The van der Waals surface area contributed by atoms with Crippen LogP contribution in [0.3, 0.4) is 0 Å². The molecule has 1 aliphatic heterocycles. The Hall–Kier alpha value is -3.41. The predicted octanol–water partition coefficient (Wildman–Crippen LogP) is 2.67. The number of anilines is 1. The number of nitrogens with one attached hydrogen (secondary N) is 1. The summed E-state index contributed by atoms with van der Waals surface area (Å²) in [5.41, 5.74) is 1.86. The van der Waals surface area contributed by atoms with Gasteiger partial charge >= 0.3 is 6.03 Å². The van der Waals surface area contributed by atoms with E-state index in [9.17, 15) is 14.4 Å². The molecule has 126 valence electrons. The third kappa shape index (κ3) is 3.28. The summed E-state index contributed by atoms with van der Waals surface area (Å²) < 4.78 is 5.08. The van der Waals surface area contributed by atoms with E-state index < -0.39 is 17.8 Å². The first kappa shape index (κ1) is 16.4. The Morgan fingerprint density at radius 2 is 1.76 bits per heavy atom. The summed E-state index contributed by atoms with van der Waals surface area (Å²) in [6, 6.07) is 13.1. The number of carbonyl (C=O) groups is 3. The van der Waals surface area contributed by atoms with Crippen LogP contribution in [0.1, 0.15) is 11.1 Å². The summed E-state index contributed by atoms with van der Waals surface area (Å²) in [7, 11) is 1.55. The van der Waals surface area contributed by atoms with Crippen molar-refractivity contribution in [1.29, 1.82) is 0 Å². The highest BCUT2D eigenvalue weighted by Crippen LogP contribution is 2.23. The van der Waals surface area contributed by atoms with Crippen LogP contribution in [-0.2, 0) is 9.59 Å². The maximum absolute atomic E-state index is 12.7. The van der Waals surface area contributed by atoms with E-state index >= 15 is 0 Å². The highest BCUT2D eigenvalue weighted by Gasteiger charge is 2.36. The number of ether oxygens (including phenoxy) is 1. The van der Waals surface area contributed by atoms with Gasteiger partial charge in [-0.15, -0.1) is 0 Å². The Morgan fingerprint density at radius 1 is 1.04 bits per heavy atom. The third-order valence-corrected chi connectivity index (χ3v) is 3.79. The molecule has 0 aliphatic carbocycles. The molecule has 1 saturated heterocycles. The van der Waals surface area contributed by atoms with Gasteiger partial charge in [-0.25, -0.2) is 9.69 Å². The van der Waals surface area contributed by atoms with E-state index in [-0.39, 0.29) is 5.57 Å². The van der Waals surface area contributed by atoms with Crippen molar-refractivity contribution in [3.63, 3.8) is 0 Å². The van der Waals surface area contributed by atoms with Gasteiger partial charge < -0.3 is 4.74 Å². The molecule has 1 heterocycles. The van der Waals surface area contributed by atoms with Crippen LogP contribution in [0, 0.1) is 6.92 Å². The van der Waals surface area contributed by atoms with Gasteiger partial charge in [-0.2, -0.15) is 0 Å². The number of methoxy groups -OCH3 is 1. The Kier molecular flexibility index (Phi) is 4.35. The number of rotatable bonds is 3. The quantitative estimate of drug-likeness (QED) is 0.691. The first-order valence-corrected chi connectivity index (χ1v) is 7.62. The lowest BCUT2D eigenvalue weighted by Crippen LogP contribution is -2.54. The second-order valence-corrected chi connectivity index (χ2v) is 5.57. The smallest absolute Gasteiger partial charge is 0.335 e. The molecular formula is C19H16N2O4. The van der Waals surface area contributed by atoms with Crippen LogP contribution < -0.4 is 15.0 Å². The summed E-state index contributed by atoms with van der Waals surface area (Å²) >= 11 is 0. The van der Waals surface area contributed by atoms with E-state index in [0.29, 0.717) is 17.0 Å². The summed E-state index contributed by atoms with van der Waals surface area (Å²) in [5, 5.41) is 2.20. The molecule has 0 unspecified atom stereocenters. The molecule has 0 bridgehead atoms. The van der Waals surface area contributed by atoms with Crippen molar-refractivity contribution in [1.82, 2.24) is 5.32 Å². The van der Waals surface area contributed by atoms with E-state index in [1.54, 1.807) is 49.6 Å². The van der Waals surface area contributed by atoms with Crippen molar-refractivity contribution in [2.45, 2.75) is 6.92 Å². The van der Waals surface area contributed by atoms with Crippen LogP contribution >= 0.6 is 0 Å². The number of nitrogens with zero attached hydrogens (tertiary/aromatic N) is 1. The molecule has 3 rings (SSSR count). The first-order valence-electron chi connectivity index (χ1n) is 7.62. The van der Waals surface area contributed by atoms with E-state index in [1.165, 1.54) is 6.08 Å². The standard InChI is InChI=1S/C19H16N2O4/c1-12-4-3-5-14(10-12)21-18(23)16(17(22)20-19(21)24)11-13-6-8-15(25-2)9-7-13/h3-11H,1-2H3,(H,20,22,24)/b16-11-. The molecule has 6 nitrogen and oxygen atoms in total. The normalized spacial score (nSPS) is 16.2. The molecule has 1 N–H and O–H groups in total. The molecule has 1 aliphatic rings. The number of imide groups is 2. The van der Waals surface area contributed by atoms with Gasteiger partial charge in [0.15, 0.2) is 0 Å². The molecule has 0 spiro atoms. The Morgan fingerprint density at radius 3 is 2.40 bits per heavy atom. The van der Waals surface area contributed by atoms with Crippen molar-refractivity contribution in [2.24, 2.45) is 0 Å². The minimum absolute atomic E-state index is 0.105. The van der Waals surface area contributed by atoms with E-state index in [0.717, 1.165) is 10.5 Å². The molecule has 25 heavy (non-hydrogen) atoms. The summed E-state index contributed by atoms with van der Waals surface area (Å²) in [6.45, 7) is 1.86. The summed E-state index contributed by atoms with van der Waals surface area (Å²) in [5.74, 6) is -0.706. The SMILES string of the molecule is COc1ccc(/C=C2/C(=O)NC(=O)N(c3cccc(C)c3)C2=O)cc1. The molecule has 6 heteroatoms. The van der Waals surface area contributed by atoms with Gasteiger partial charge in [-0.05, 0) is 48.4 Å². The van der Waals surface area contributed by atoms with Gasteiger partial charge in [0.2, 0.25) is 0 Å². The van der Waals surface area contributed by atoms with Gasteiger partial charge in [0.25, 0.3) is 11.8 Å². The van der Waals surface area contributed by atoms with Crippen LogP contribution in [0.5, 0.6) is 5.75 Å². The minimum Gasteiger partial charge on any atom is -0.497 e. The zero-order valence-corrected chi connectivity index (χ0v) is 13.8. The molecule has 2 aromatic rings. The summed E-state index contributed by atoms with van der Waals surface area (Å²) in [6.07, 6.45) is 1.45. The van der Waals surface area contributed by atoms with Gasteiger partial charge in [0, 0.05) is 0 Å². The number of hydrogen-bond donors (Lipinski definition) is 1. The number of aryl methyl sites for hydroxylation is 1. The van der Waals surface area contributed by atoms with Gasteiger partial charge in [0.1, 0.15) is 11.3 Å². The number of carbonyl (C=O) groups excluding carboxylic acids is 3. The number of barbiturate groups is 1. The van der Waals surface area contributed by atoms with Crippen molar-refractivity contribution in [2.75, 3.05) is 12.0 Å². The molecule has 0 aromatic heterocycles. The molecule has 0 saturated carbocycles. The van der Waals surface area contributed by atoms with Crippen LogP contribution in [0.4, 0.5) is 10.5 Å². The lowest BCUT2D eigenvalue weighted by molar-refractivity contribution is -0.122. The number of urea groups is 1. The van der Waals surface area contributed by atoms with E-state index in [1.807, 2.05) is 13.0 Å². The Balaban J connectivity index is 1.98. The lowest BCUT2D eigenvalue weighted by atomic mass is 10.1. The number of benzene rings is 2.